The van der Waals surface area contributed by atoms with E-state index in [9.17, 15) is 14.0 Å². The largest absolute Gasteiger partial charge is 0.369 e. The van der Waals surface area contributed by atoms with E-state index in [2.05, 4.69) is 33.4 Å². The Kier molecular flexibility index (Phi) is 5.42. The molecule has 2 spiro atoms. The van der Waals surface area contributed by atoms with E-state index in [0.29, 0.717) is 52.5 Å². The topological polar surface area (TPSA) is 85.9 Å². The van der Waals surface area contributed by atoms with Crippen LogP contribution < -0.4 is 10.2 Å². The molecule has 10 heteroatoms. The molecule has 0 radical (unpaired) electrons. The van der Waals surface area contributed by atoms with E-state index in [1.54, 1.807) is 24.5 Å². The van der Waals surface area contributed by atoms with Gasteiger partial charge in [-0.25, -0.2) is 18.7 Å². The SMILES string of the molecule is CC.CN1CC2(CC(n3cc(Nc4ncc5cc(C#N)cc(N6CCC7(C6)CC7(F)F)c5n4)cn3)C2)C1. The molecule has 1 aromatic carbocycles. The standard InChI is InChI=1S/C25H26F2N8.C2H6/c1-33-13-23(14-33)6-19(7-23)35-11-18(10-30-35)31-22-29-9-17-4-16(8-28)5-20(21(17)32-22)34-3-2-24(15-34)12-25(24,26)27;1-2/h4-5,9-11,19H,2-3,6-7,12-15H2,1H3,(H,29,31,32);1-2H3. The van der Waals surface area contributed by atoms with Gasteiger partial charge in [-0.2, -0.15) is 10.4 Å². The Morgan fingerprint density at radius 2 is 1.89 bits per heavy atom. The van der Waals surface area contributed by atoms with E-state index in [4.69, 9.17) is 4.98 Å². The quantitative estimate of drug-likeness (QED) is 0.535. The Bertz CT molecular complexity index is 1380. The summed E-state index contributed by atoms with van der Waals surface area (Å²) < 4.78 is 30.0. The van der Waals surface area contributed by atoms with Crippen LogP contribution in [0.5, 0.6) is 0 Å². The second-order valence-corrected chi connectivity index (χ2v) is 11.1. The molecule has 2 aromatic heterocycles. The average Bonchev–Trinajstić information content (AvgIpc) is 3.22. The summed E-state index contributed by atoms with van der Waals surface area (Å²) in [5.41, 5.74) is 2.20. The predicted molar refractivity (Wildman–Crippen MR) is 138 cm³/mol. The van der Waals surface area contributed by atoms with E-state index >= 15 is 0 Å². The lowest BCUT2D eigenvalue weighted by molar-refractivity contribution is -0.0786. The van der Waals surface area contributed by atoms with Crippen LogP contribution in [0.1, 0.15) is 51.1 Å². The maximum absolute atomic E-state index is 14.0. The first-order chi connectivity index (χ1) is 17.8. The van der Waals surface area contributed by atoms with Crippen LogP contribution in [0.2, 0.25) is 0 Å². The smallest absolute Gasteiger partial charge is 0.256 e. The molecule has 4 heterocycles. The van der Waals surface area contributed by atoms with Gasteiger partial charge in [0.15, 0.2) is 0 Å². The highest BCUT2D eigenvalue weighted by Crippen LogP contribution is 2.65. The third-order valence-electron chi connectivity index (χ3n) is 8.48. The first kappa shape index (κ1) is 24.0. The summed E-state index contributed by atoms with van der Waals surface area (Å²) in [6.45, 7) is 7.15. The Labute approximate surface area is 215 Å². The van der Waals surface area contributed by atoms with Gasteiger partial charge in [0.1, 0.15) is 0 Å². The monoisotopic (exact) mass is 506 g/mol. The summed E-state index contributed by atoms with van der Waals surface area (Å²) in [5, 5.41) is 18.0. The fourth-order valence-electron chi connectivity index (χ4n) is 6.61. The molecule has 3 aromatic rings. The van der Waals surface area contributed by atoms with Crippen LogP contribution in [0.25, 0.3) is 10.9 Å². The summed E-state index contributed by atoms with van der Waals surface area (Å²) in [4.78, 5) is 13.5. The van der Waals surface area contributed by atoms with Gasteiger partial charge in [0.2, 0.25) is 5.95 Å². The molecule has 0 amide bonds. The second kappa shape index (κ2) is 8.35. The number of hydrogen-bond acceptors (Lipinski definition) is 7. The number of nitrogens with zero attached hydrogens (tertiary/aromatic N) is 7. The Hall–Kier alpha value is -3.32. The second-order valence-electron chi connectivity index (χ2n) is 11.1. The number of anilines is 3. The van der Waals surface area contributed by atoms with E-state index in [-0.39, 0.29) is 13.0 Å². The molecule has 4 aliphatic rings. The Morgan fingerprint density at radius 3 is 2.54 bits per heavy atom. The number of nitriles is 1. The lowest BCUT2D eigenvalue weighted by Gasteiger charge is -2.58. The molecule has 1 unspecified atom stereocenters. The molecule has 194 valence electrons. The van der Waals surface area contributed by atoms with E-state index < -0.39 is 11.3 Å². The van der Waals surface area contributed by atoms with Crippen molar-refractivity contribution < 1.29 is 8.78 Å². The van der Waals surface area contributed by atoms with Crippen molar-refractivity contribution in [3.05, 3.63) is 36.3 Å². The first-order valence-corrected chi connectivity index (χ1v) is 13.1. The lowest BCUT2D eigenvalue weighted by atomic mass is 9.61. The van der Waals surface area contributed by atoms with Crippen LogP contribution >= 0.6 is 0 Å². The third-order valence-corrected chi connectivity index (χ3v) is 8.48. The van der Waals surface area contributed by atoms with Crippen molar-refractivity contribution in [2.75, 3.05) is 43.4 Å². The van der Waals surface area contributed by atoms with E-state index in [1.165, 1.54) is 13.1 Å². The number of benzene rings is 1. The van der Waals surface area contributed by atoms with Crippen molar-refractivity contribution in [1.29, 1.82) is 5.26 Å². The fraction of sp³-hybridized carbons (Fsp3) is 0.556. The number of fused-ring (bicyclic) bond motifs is 1. The van der Waals surface area contributed by atoms with Gasteiger partial charge in [0.25, 0.3) is 5.92 Å². The molecule has 1 atom stereocenters. The van der Waals surface area contributed by atoms with Gasteiger partial charge >= 0.3 is 0 Å². The van der Waals surface area contributed by atoms with Gasteiger partial charge in [-0.1, -0.05) is 13.8 Å². The summed E-state index contributed by atoms with van der Waals surface area (Å²) in [6, 6.07) is 6.09. The highest BCUT2D eigenvalue weighted by molar-refractivity contribution is 5.93. The van der Waals surface area contributed by atoms with Crippen LogP contribution in [0.15, 0.2) is 30.7 Å². The average molecular weight is 507 g/mol. The van der Waals surface area contributed by atoms with E-state index in [1.807, 2.05) is 29.6 Å². The molecular formula is C27H32F2N8. The maximum atomic E-state index is 14.0. The zero-order chi connectivity index (χ0) is 26.0. The number of nitrogens with one attached hydrogen (secondary N) is 1. The molecule has 0 bridgehead atoms. The number of aromatic nitrogens is 4. The zero-order valence-corrected chi connectivity index (χ0v) is 21.5. The van der Waals surface area contributed by atoms with Crippen molar-refractivity contribution in [1.82, 2.24) is 24.6 Å². The number of rotatable bonds is 4. The highest BCUT2D eigenvalue weighted by Gasteiger charge is 2.72. The minimum absolute atomic E-state index is 0.0586. The van der Waals surface area contributed by atoms with Crippen molar-refractivity contribution >= 4 is 28.2 Å². The predicted octanol–water partition coefficient (Wildman–Crippen LogP) is 4.97. The summed E-state index contributed by atoms with van der Waals surface area (Å²) in [5.74, 6) is -2.18. The lowest BCUT2D eigenvalue weighted by Crippen LogP contribution is -2.60. The molecule has 4 fully saturated rings. The van der Waals surface area contributed by atoms with Crippen LogP contribution in [-0.2, 0) is 0 Å². The van der Waals surface area contributed by atoms with Crippen molar-refractivity contribution in [2.24, 2.45) is 10.8 Å². The van der Waals surface area contributed by atoms with Gasteiger partial charge in [0.05, 0.1) is 46.2 Å². The summed E-state index contributed by atoms with van der Waals surface area (Å²) in [7, 11) is 2.16. The van der Waals surface area contributed by atoms with Gasteiger partial charge in [-0.3, -0.25) is 4.68 Å². The fourth-order valence-corrected chi connectivity index (χ4v) is 6.61. The van der Waals surface area contributed by atoms with Gasteiger partial charge in [-0.05, 0) is 43.9 Å². The number of alkyl halides is 2. The molecular weight excluding hydrogens is 474 g/mol. The third kappa shape index (κ3) is 3.91. The Balaban J connectivity index is 0.00000123. The van der Waals surface area contributed by atoms with Crippen LogP contribution in [0.4, 0.5) is 26.1 Å². The van der Waals surface area contributed by atoms with Crippen molar-refractivity contribution in [2.45, 2.75) is 51.5 Å². The van der Waals surface area contributed by atoms with Crippen LogP contribution in [-0.4, -0.2) is 63.8 Å². The first-order valence-electron chi connectivity index (χ1n) is 13.1. The van der Waals surface area contributed by atoms with Gasteiger partial charge in [-0.15, -0.1) is 0 Å². The highest BCUT2D eigenvalue weighted by atomic mass is 19.3. The Morgan fingerprint density at radius 1 is 1.14 bits per heavy atom. The van der Waals surface area contributed by atoms with Gasteiger partial charge < -0.3 is 15.1 Å². The van der Waals surface area contributed by atoms with E-state index in [0.717, 1.165) is 18.5 Å². The molecule has 8 nitrogen and oxygen atoms in total. The van der Waals surface area contributed by atoms with Crippen LogP contribution in [0.3, 0.4) is 0 Å². The molecule has 7 rings (SSSR count). The minimum Gasteiger partial charge on any atom is -0.369 e. The number of halogens is 2. The summed E-state index contributed by atoms with van der Waals surface area (Å²) in [6.07, 6.45) is 8.16. The zero-order valence-electron chi connectivity index (χ0n) is 21.5. The molecule has 2 aliphatic heterocycles. The number of hydrogen-bond donors (Lipinski definition) is 1. The molecule has 2 saturated carbocycles. The molecule has 1 N–H and O–H groups in total. The summed E-state index contributed by atoms with van der Waals surface area (Å²) >= 11 is 0. The molecule has 2 saturated heterocycles. The van der Waals surface area contributed by atoms with Crippen LogP contribution in [0, 0.1) is 22.2 Å². The minimum atomic E-state index is -2.60. The van der Waals surface area contributed by atoms with Crippen molar-refractivity contribution in [3.8, 4) is 6.07 Å². The van der Waals surface area contributed by atoms with Crippen molar-refractivity contribution in [3.63, 3.8) is 0 Å². The molecule has 2 aliphatic carbocycles. The molecule has 37 heavy (non-hydrogen) atoms. The number of likely N-dealkylation sites (tertiary alicyclic amines) is 1. The normalized spacial score (nSPS) is 25.4. The maximum Gasteiger partial charge on any atom is 0.256 e. The van der Waals surface area contributed by atoms with Gasteiger partial charge in [0, 0.05) is 50.4 Å².